The van der Waals surface area contributed by atoms with Gasteiger partial charge in [-0.15, -0.1) is 0 Å². The highest BCUT2D eigenvalue weighted by atomic mass is 35.5. The zero-order valence-corrected chi connectivity index (χ0v) is 25.0. The first-order valence-corrected chi connectivity index (χ1v) is 14.5. The van der Waals surface area contributed by atoms with Gasteiger partial charge in [0.15, 0.2) is 0 Å². The van der Waals surface area contributed by atoms with Gasteiger partial charge in [-0.2, -0.15) is 0 Å². The number of anilines is 1. The maximum absolute atomic E-state index is 13.8. The number of benzene rings is 2. The molecule has 2 aromatic rings. The molecule has 0 aromatic heterocycles. The van der Waals surface area contributed by atoms with Crippen LogP contribution < -0.4 is 19.1 Å². The molecule has 0 radical (unpaired) electrons. The van der Waals surface area contributed by atoms with E-state index in [1.807, 2.05) is 20.8 Å². The van der Waals surface area contributed by atoms with Crippen LogP contribution in [0.25, 0.3) is 0 Å². The van der Waals surface area contributed by atoms with Gasteiger partial charge in [0.05, 0.1) is 36.2 Å². The zero-order valence-electron chi connectivity index (χ0n) is 22.7. The van der Waals surface area contributed by atoms with Crippen LogP contribution in [0.5, 0.6) is 11.5 Å². The first-order valence-electron chi connectivity index (χ1n) is 11.9. The molecule has 0 unspecified atom stereocenters. The van der Waals surface area contributed by atoms with Crippen molar-refractivity contribution < 1.29 is 27.5 Å². The molecule has 2 amide bonds. The van der Waals surface area contributed by atoms with E-state index >= 15 is 0 Å². The fourth-order valence-electron chi connectivity index (χ4n) is 3.79. The molecule has 2 rings (SSSR count). The third kappa shape index (κ3) is 8.41. The van der Waals surface area contributed by atoms with Gasteiger partial charge in [0.1, 0.15) is 24.1 Å². The lowest BCUT2D eigenvalue weighted by molar-refractivity contribution is -0.141. The molecule has 0 heterocycles. The van der Waals surface area contributed by atoms with Crippen molar-refractivity contribution in [2.45, 2.75) is 52.2 Å². The Hall–Kier alpha value is -2.69. The van der Waals surface area contributed by atoms with Crippen molar-refractivity contribution >= 4 is 50.7 Å². The van der Waals surface area contributed by atoms with E-state index in [2.05, 4.69) is 5.32 Å². The van der Waals surface area contributed by atoms with E-state index in [1.165, 1.54) is 31.3 Å². The number of carbonyl (C=O) groups is 2. The maximum atomic E-state index is 13.8. The molecule has 0 saturated carbocycles. The Morgan fingerprint density at radius 2 is 1.68 bits per heavy atom. The number of ether oxygens (including phenoxy) is 2. The minimum atomic E-state index is -3.94. The molecule has 0 aliphatic carbocycles. The fraction of sp³-hybridized carbons (Fsp3) is 0.462. The molecule has 1 N–H and O–H groups in total. The van der Waals surface area contributed by atoms with Crippen LogP contribution >= 0.6 is 23.2 Å². The Morgan fingerprint density at radius 3 is 2.18 bits per heavy atom. The average molecular weight is 589 g/mol. The van der Waals surface area contributed by atoms with Crippen molar-refractivity contribution in [2.24, 2.45) is 0 Å². The number of halogens is 2. The van der Waals surface area contributed by atoms with Crippen LogP contribution in [-0.4, -0.2) is 63.7 Å². The predicted molar refractivity (Wildman–Crippen MR) is 151 cm³/mol. The molecule has 38 heavy (non-hydrogen) atoms. The van der Waals surface area contributed by atoms with Crippen molar-refractivity contribution in [3.05, 3.63) is 52.0 Å². The molecule has 12 heteroatoms. The second kappa shape index (κ2) is 12.9. The number of methoxy groups -OCH3 is 2. The Kier molecular flexibility index (Phi) is 10.7. The van der Waals surface area contributed by atoms with Crippen LogP contribution in [0, 0.1) is 0 Å². The average Bonchev–Trinajstić information content (AvgIpc) is 2.82. The summed E-state index contributed by atoms with van der Waals surface area (Å²) < 4.78 is 37.3. The lowest BCUT2D eigenvalue weighted by atomic mass is 10.1. The summed E-state index contributed by atoms with van der Waals surface area (Å²) in [5, 5.41) is 3.56. The normalized spacial score (nSPS) is 12.4. The van der Waals surface area contributed by atoms with E-state index in [0.717, 1.165) is 10.6 Å². The monoisotopic (exact) mass is 587 g/mol. The number of hydrogen-bond donors (Lipinski definition) is 1. The molecular formula is C26H35Cl2N3O6S. The first kappa shape index (κ1) is 31.5. The second-order valence-electron chi connectivity index (χ2n) is 9.74. The van der Waals surface area contributed by atoms with Crippen LogP contribution in [-0.2, 0) is 26.2 Å². The lowest BCUT2D eigenvalue weighted by Crippen LogP contribution is -2.55. The molecule has 1 atom stereocenters. The first-order chi connectivity index (χ1) is 17.6. The molecule has 0 aliphatic heterocycles. The summed E-state index contributed by atoms with van der Waals surface area (Å²) in [5.41, 5.74) is 0.242. The fourth-order valence-corrected chi connectivity index (χ4v) is 4.97. The largest absolute Gasteiger partial charge is 0.497 e. The summed E-state index contributed by atoms with van der Waals surface area (Å²) in [6.07, 6.45) is 1.29. The van der Waals surface area contributed by atoms with Gasteiger partial charge in [0, 0.05) is 18.2 Å². The Bertz CT molecular complexity index is 1260. The van der Waals surface area contributed by atoms with E-state index < -0.39 is 34.1 Å². The number of amides is 2. The lowest BCUT2D eigenvalue weighted by Gasteiger charge is -2.34. The van der Waals surface area contributed by atoms with Gasteiger partial charge in [-0.25, -0.2) is 8.42 Å². The van der Waals surface area contributed by atoms with Gasteiger partial charge in [0.2, 0.25) is 21.8 Å². The highest BCUT2D eigenvalue weighted by molar-refractivity contribution is 7.92. The van der Waals surface area contributed by atoms with Crippen LogP contribution in [0.4, 0.5) is 5.69 Å². The summed E-state index contributed by atoms with van der Waals surface area (Å²) in [6.45, 7) is 6.73. The summed E-state index contributed by atoms with van der Waals surface area (Å²) >= 11 is 12.3. The number of hydrogen-bond acceptors (Lipinski definition) is 6. The van der Waals surface area contributed by atoms with Crippen LogP contribution in [0.1, 0.15) is 39.7 Å². The number of nitrogens with one attached hydrogen (secondary N) is 1. The molecule has 0 aliphatic rings. The van der Waals surface area contributed by atoms with Gasteiger partial charge in [0.25, 0.3) is 0 Å². The SMILES string of the molecule is CC[C@H](C(=O)NC(C)(C)C)N(Cc1ccc(Cl)c(Cl)c1)C(=O)CN(c1ccc(OC)cc1OC)S(C)(=O)=O. The Morgan fingerprint density at radius 1 is 1.03 bits per heavy atom. The predicted octanol–water partition coefficient (Wildman–Crippen LogP) is 4.50. The van der Waals surface area contributed by atoms with Gasteiger partial charge < -0.3 is 19.7 Å². The van der Waals surface area contributed by atoms with Crippen molar-refractivity contribution in [3.63, 3.8) is 0 Å². The van der Waals surface area contributed by atoms with Crippen molar-refractivity contribution in [1.29, 1.82) is 0 Å². The van der Waals surface area contributed by atoms with Crippen LogP contribution in [0.2, 0.25) is 10.0 Å². The third-order valence-corrected chi connectivity index (χ3v) is 7.42. The maximum Gasteiger partial charge on any atom is 0.244 e. The van der Waals surface area contributed by atoms with E-state index in [0.29, 0.717) is 27.8 Å². The van der Waals surface area contributed by atoms with Crippen molar-refractivity contribution in [3.8, 4) is 11.5 Å². The quantitative estimate of drug-likeness (QED) is 0.415. The van der Waals surface area contributed by atoms with Gasteiger partial charge in [-0.3, -0.25) is 13.9 Å². The molecule has 2 aromatic carbocycles. The molecular weight excluding hydrogens is 553 g/mol. The van der Waals surface area contributed by atoms with Crippen molar-refractivity contribution in [2.75, 3.05) is 31.3 Å². The molecule has 9 nitrogen and oxygen atoms in total. The minimum absolute atomic E-state index is 0.00312. The van der Waals surface area contributed by atoms with E-state index in [1.54, 1.807) is 31.2 Å². The second-order valence-corrected chi connectivity index (χ2v) is 12.5. The van der Waals surface area contributed by atoms with E-state index in [4.69, 9.17) is 32.7 Å². The van der Waals surface area contributed by atoms with Crippen molar-refractivity contribution in [1.82, 2.24) is 10.2 Å². The Labute approximate surface area is 235 Å². The third-order valence-electron chi connectivity index (χ3n) is 5.56. The molecule has 0 spiro atoms. The molecule has 0 saturated heterocycles. The van der Waals surface area contributed by atoms with Crippen LogP contribution in [0.15, 0.2) is 36.4 Å². The molecule has 0 bridgehead atoms. The number of rotatable bonds is 11. The highest BCUT2D eigenvalue weighted by Crippen LogP contribution is 2.34. The van der Waals surface area contributed by atoms with Crippen LogP contribution in [0.3, 0.4) is 0 Å². The minimum Gasteiger partial charge on any atom is -0.497 e. The summed E-state index contributed by atoms with van der Waals surface area (Å²) in [6, 6.07) is 8.62. The molecule has 0 fully saturated rings. The number of sulfonamides is 1. The summed E-state index contributed by atoms with van der Waals surface area (Å²) in [5.74, 6) is -0.288. The molecule has 210 valence electrons. The number of carbonyl (C=O) groups excluding carboxylic acids is 2. The Balaban J connectivity index is 2.55. The number of nitrogens with zero attached hydrogens (tertiary/aromatic N) is 2. The summed E-state index contributed by atoms with van der Waals surface area (Å²) in [7, 11) is -1.08. The van der Waals surface area contributed by atoms with Gasteiger partial charge in [-0.1, -0.05) is 36.2 Å². The summed E-state index contributed by atoms with van der Waals surface area (Å²) in [4.78, 5) is 28.4. The highest BCUT2D eigenvalue weighted by Gasteiger charge is 2.34. The van der Waals surface area contributed by atoms with E-state index in [-0.39, 0.29) is 23.9 Å². The van der Waals surface area contributed by atoms with Gasteiger partial charge >= 0.3 is 0 Å². The van der Waals surface area contributed by atoms with E-state index in [9.17, 15) is 18.0 Å². The smallest absolute Gasteiger partial charge is 0.244 e. The topological polar surface area (TPSA) is 105 Å². The van der Waals surface area contributed by atoms with Gasteiger partial charge in [-0.05, 0) is 57.0 Å². The standard InChI is InChI=1S/C26H35Cl2N3O6S/c1-8-21(25(33)29-26(2,3)4)30(15-17-9-11-19(27)20(28)13-17)24(32)16-31(38(7,34)35)22-12-10-18(36-5)14-23(22)37-6/h9-14,21H,8,15-16H2,1-7H3,(H,29,33)/t21-/m1/s1. The zero-order chi connectivity index (χ0) is 28.8.